The highest BCUT2D eigenvalue weighted by atomic mass is 32.2. The van der Waals surface area contributed by atoms with Crippen LogP contribution in [0.5, 0.6) is 5.75 Å². The van der Waals surface area contributed by atoms with Crippen LogP contribution in [0.3, 0.4) is 0 Å². The molecule has 0 saturated carbocycles. The number of ether oxygens (including phenoxy) is 1. The summed E-state index contributed by atoms with van der Waals surface area (Å²) >= 11 is 0. The molecule has 0 bridgehead atoms. The first-order valence-electron chi connectivity index (χ1n) is 11.0. The molecular formula is C26H24N4O5S. The number of carbonyl (C=O) groups is 1. The highest BCUT2D eigenvalue weighted by Gasteiger charge is 2.16. The number of para-hydroxylation sites is 1. The van der Waals surface area contributed by atoms with Gasteiger partial charge in [-0.3, -0.25) is 14.3 Å². The fourth-order valence-electron chi connectivity index (χ4n) is 3.47. The molecule has 0 radical (unpaired) electrons. The van der Waals surface area contributed by atoms with E-state index in [1.165, 1.54) is 24.3 Å². The lowest BCUT2D eigenvalue weighted by molar-refractivity contribution is -0.118. The number of rotatable bonds is 8. The molecule has 0 fully saturated rings. The number of sulfonamides is 1. The van der Waals surface area contributed by atoms with Gasteiger partial charge >= 0.3 is 0 Å². The predicted octanol–water partition coefficient (Wildman–Crippen LogP) is 3.87. The van der Waals surface area contributed by atoms with Crippen LogP contribution < -0.4 is 20.3 Å². The number of aromatic amines is 1. The number of hydrogen-bond donors (Lipinski definition) is 3. The minimum atomic E-state index is -3.77. The van der Waals surface area contributed by atoms with E-state index in [1.54, 1.807) is 68.4 Å². The Morgan fingerprint density at radius 2 is 1.69 bits per heavy atom. The second kappa shape index (κ2) is 10.4. The smallest absolute Gasteiger partial charge is 0.262 e. The summed E-state index contributed by atoms with van der Waals surface area (Å²) in [6.07, 6.45) is 0. The summed E-state index contributed by atoms with van der Waals surface area (Å²) in [4.78, 5) is 31.3. The molecule has 3 aromatic carbocycles. The zero-order valence-electron chi connectivity index (χ0n) is 19.6. The minimum absolute atomic E-state index is 0.0836. The Balaban J connectivity index is 1.39. The summed E-state index contributed by atoms with van der Waals surface area (Å²) in [5.41, 5.74) is 2.50. The van der Waals surface area contributed by atoms with E-state index in [4.69, 9.17) is 4.74 Å². The fraction of sp³-hybridized carbons (Fsp3) is 0.115. The molecule has 4 rings (SSSR count). The first kappa shape index (κ1) is 24.7. The average Bonchev–Trinajstić information content (AvgIpc) is 2.83. The monoisotopic (exact) mass is 504 g/mol. The summed E-state index contributed by atoms with van der Waals surface area (Å²) in [6, 6.07) is 21.3. The summed E-state index contributed by atoms with van der Waals surface area (Å²) in [5, 5.41) is 2.74. The van der Waals surface area contributed by atoms with Crippen LogP contribution >= 0.6 is 0 Å². The zero-order chi connectivity index (χ0) is 25.7. The van der Waals surface area contributed by atoms with Crippen molar-refractivity contribution >= 4 is 27.3 Å². The lowest BCUT2D eigenvalue weighted by Gasteiger charge is -2.13. The van der Waals surface area contributed by atoms with Gasteiger partial charge in [-0.25, -0.2) is 13.4 Å². The Hall–Kier alpha value is -4.44. The number of benzene rings is 3. The molecule has 3 N–H and O–H groups in total. The number of hydrogen-bond acceptors (Lipinski definition) is 6. The number of aryl methyl sites for hydroxylation is 2. The summed E-state index contributed by atoms with van der Waals surface area (Å²) < 4.78 is 33.5. The van der Waals surface area contributed by atoms with E-state index in [-0.39, 0.29) is 17.1 Å². The van der Waals surface area contributed by atoms with E-state index in [0.29, 0.717) is 39.8 Å². The SMILES string of the molecule is Cc1cc(=O)[nH]c(-c2cccc(NC(=O)COc3ccc(S(=O)(=O)Nc4ccccc4)cc3C)c2)n1. The molecule has 0 spiro atoms. The summed E-state index contributed by atoms with van der Waals surface area (Å²) in [6.45, 7) is 3.15. The lowest BCUT2D eigenvalue weighted by Crippen LogP contribution is -2.20. The van der Waals surface area contributed by atoms with Gasteiger partial charge < -0.3 is 15.0 Å². The highest BCUT2D eigenvalue weighted by molar-refractivity contribution is 7.92. The molecule has 0 aliphatic carbocycles. The standard InChI is InChI=1S/C26H24N4O5S/c1-17-13-22(36(33,34)30-20-8-4-3-5-9-20)11-12-23(17)35-16-25(32)28-21-10-6-7-19(15-21)26-27-18(2)14-24(31)29-26/h3-15,30H,16H2,1-2H3,(H,28,32)(H,27,29,31). The van der Waals surface area contributed by atoms with E-state index in [0.717, 1.165) is 0 Å². The van der Waals surface area contributed by atoms with Crippen molar-refractivity contribution in [3.8, 4) is 17.1 Å². The van der Waals surface area contributed by atoms with Gasteiger partial charge in [-0.1, -0.05) is 30.3 Å². The number of nitrogens with zero attached hydrogens (tertiary/aromatic N) is 1. The molecule has 36 heavy (non-hydrogen) atoms. The van der Waals surface area contributed by atoms with E-state index in [9.17, 15) is 18.0 Å². The number of nitrogens with one attached hydrogen (secondary N) is 3. The van der Waals surface area contributed by atoms with Crippen LogP contribution in [0.25, 0.3) is 11.4 Å². The summed E-state index contributed by atoms with van der Waals surface area (Å²) in [7, 11) is -3.77. The van der Waals surface area contributed by atoms with Gasteiger partial charge in [0.2, 0.25) is 0 Å². The van der Waals surface area contributed by atoms with E-state index in [2.05, 4.69) is 20.0 Å². The van der Waals surface area contributed by atoms with Crippen molar-refractivity contribution in [2.45, 2.75) is 18.7 Å². The molecule has 0 saturated heterocycles. The van der Waals surface area contributed by atoms with Gasteiger partial charge in [0.15, 0.2) is 6.61 Å². The van der Waals surface area contributed by atoms with Crippen LogP contribution in [0.4, 0.5) is 11.4 Å². The van der Waals surface area contributed by atoms with E-state index in [1.807, 2.05) is 0 Å². The van der Waals surface area contributed by atoms with Gasteiger partial charge in [-0.05, 0) is 61.9 Å². The maximum absolute atomic E-state index is 12.7. The van der Waals surface area contributed by atoms with Crippen LogP contribution in [0.15, 0.2) is 88.6 Å². The molecule has 0 aliphatic heterocycles. The highest BCUT2D eigenvalue weighted by Crippen LogP contribution is 2.24. The van der Waals surface area contributed by atoms with Crippen molar-refractivity contribution in [2.24, 2.45) is 0 Å². The molecular weight excluding hydrogens is 480 g/mol. The number of carbonyl (C=O) groups excluding carboxylic acids is 1. The normalized spacial score (nSPS) is 11.1. The van der Waals surface area contributed by atoms with Crippen LogP contribution in [0.2, 0.25) is 0 Å². The van der Waals surface area contributed by atoms with Gasteiger partial charge in [0.25, 0.3) is 21.5 Å². The minimum Gasteiger partial charge on any atom is -0.483 e. The van der Waals surface area contributed by atoms with Crippen LogP contribution in [-0.2, 0) is 14.8 Å². The van der Waals surface area contributed by atoms with Crippen molar-refractivity contribution in [3.63, 3.8) is 0 Å². The van der Waals surface area contributed by atoms with E-state index < -0.39 is 15.9 Å². The Morgan fingerprint density at radius 3 is 2.42 bits per heavy atom. The first-order valence-corrected chi connectivity index (χ1v) is 12.5. The molecule has 0 atom stereocenters. The average molecular weight is 505 g/mol. The number of aromatic nitrogens is 2. The van der Waals surface area contributed by atoms with E-state index >= 15 is 0 Å². The van der Waals surface area contributed by atoms with Crippen molar-refractivity contribution in [1.29, 1.82) is 0 Å². The third-order valence-corrected chi connectivity index (χ3v) is 6.51. The Labute approximate surface area is 208 Å². The molecule has 1 amide bonds. The largest absolute Gasteiger partial charge is 0.483 e. The molecule has 0 unspecified atom stereocenters. The zero-order valence-corrected chi connectivity index (χ0v) is 20.4. The molecule has 10 heteroatoms. The van der Waals surface area contributed by atoms with Crippen molar-refractivity contribution < 1.29 is 17.9 Å². The Kier molecular flexibility index (Phi) is 7.16. The fourth-order valence-corrected chi connectivity index (χ4v) is 4.62. The second-order valence-corrected chi connectivity index (χ2v) is 9.73. The number of anilines is 2. The lowest BCUT2D eigenvalue weighted by atomic mass is 10.2. The summed E-state index contributed by atoms with van der Waals surface area (Å²) in [5.74, 6) is 0.388. The third kappa shape index (κ3) is 6.16. The maximum Gasteiger partial charge on any atom is 0.262 e. The van der Waals surface area contributed by atoms with Gasteiger partial charge in [0, 0.05) is 28.7 Å². The molecule has 4 aromatic rings. The predicted molar refractivity (Wildman–Crippen MR) is 138 cm³/mol. The molecule has 1 heterocycles. The molecule has 9 nitrogen and oxygen atoms in total. The Bertz CT molecular complexity index is 1570. The number of amides is 1. The molecule has 184 valence electrons. The molecule has 0 aliphatic rings. The van der Waals surface area contributed by atoms with Gasteiger partial charge in [0.1, 0.15) is 11.6 Å². The van der Waals surface area contributed by atoms with Crippen LogP contribution in [0.1, 0.15) is 11.3 Å². The van der Waals surface area contributed by atoms with Gasteiger partial charge in [0.05, 0.1) is 4.90 Å². The number of H-pyrrole nitrogens is 1. The first-order chi connectivity index (χ1) is 17.2. The van der Waals surface area contributed by atoms with Gasteiger partial charge in [-0.2, -0.15) is 0 Å². The van der Waals surface area contributed by atoms with Crippen molar-refractivity contribution in [1.82, 2.24) is 9.97 Å². The molecule has 1 aromatic heterocycles. The quantitative estimate of drug-likeness (QED) is 0.334. The topological polar surface area (TPSA) is 130 Å². The van der Waals surface area contributed by atoms with Crippen molar-refractivity contribution in [3.05, 3.63) is 100 Å². The Morgan fingerprint density at radius 1 is 0.944 bits per heavy atom. The van der Waals surface area contributed by atoms with Crippen LogP contribution in [-0.4, -0.2) is 30.9 Å². The second-order valence-electron chi connectivity index (χ2n) is 8.05. The van der Waals surface area contributed by atoms with Crippen LogP contribution in [0, 0.1) is 13.8 Å². The van der Waals surface area contributed by atoms with Crippen molar-refractivity contribution in [2.75, 3.05) is 16.6 Å². The van der Waals surface area contributed by atoms with Gasteiger partial charge in [-0.15, -0.1) is 0 Å². The maximum atomic E-state index is 12.7. The third-order valence-electron chi connectivity index (χ3n) is 5.13.